The average Bonchev–Trinajstić information content (AvgIpc) is 2.28. The number of morpholine rings is 1. The van der Waals surface area contributed by atoms with E-state index in [2.05, 4.69) is 26.9 Å². The fourth-order valence-corrected chi connectivity index (χ4v) is 2.63. The highest BCUT2D eigenvalue weighted by atomic mass is 79.9. The van der Waals surface area contributed by atoms with Crippen LogP contribution in [-0.2, 0) is 11.3 Å². The molecule has 0 aliphatic carbocycles. The van der Waals surface area contributed by atoms with Crippen LogP contribution in [0.4, 0.5) is 5.69 Å². The molecule has 1 unspecified atom stereocenters. The number of aliphatic hydroxyl groups is 1. The molecular weight excluding hydrogens is 284 g/mol. The first-order chi connectivity index (χ1) is 8.19. The van der Waals surface area contributed by atoms with Gasteiger partial charge in [0.15, 0.2) is 0 Å². The van der Waals surface area contributed by atoms with Gasteiger partial charge in [-0.15, -0.1) is 0 Å². The molecule has 1 aromatic carbocycles. The Balaban J connectivity index is 2.08. The Bertz CT molecular complexity index is 367. The largest absolute Gasteiger partial charge is 0.399 e. The number of nitrogens with zero attached hydrogens (tertiary/aromatic N) is 1. The third-order valence-corrected chi connectivity index (χ3v) is 3.38. The minimum Gasteiger partial charge on any atom is -0.399 e. The number of hydrogen-bond acceptors (Lipinski definition) is 4. The van der Waals surface area contributed by atoms with Crippen LogP contribution in [0.5, 0.6) is 0 Å². The molecule has 1 heterocycles. The number of nitrogen functional groups attached to an aromatic ring is 1. The Morgan fingerprint density at radius 3 is 3.00 bits per heavy atom. The summed E-state index contributed by atoms with van der Waals surface area (Å²) in [7, 11) is 0. The molecule has 1 saturated heterocycles. The fourth-order valence-electron chi connectivity index (χ4n) is 2.07. The van der Waals surface area contributed by atoms with Crippen molar-refractivity contribution in [3.63, 3.8) is 0 Å². The molecule has 1 aromatic rings. The zero-order valence-electron chi connectivity index (χ0n) is 9.60. The summed E-state index contributed by atoms with van der Waals surface area (Å²) < 4.78 is 6.34. The van der Waals surface area contributed by atoms with Crippen molar-refractivity contribution in [2.45, 2.75) is 12.6 Å². The van der Waals surface area contributed by atoms with Crippen LogP contribution in [-0.4, -0.2) is 42.4 Å². The molecule has 1 fully saturated rings. The number of rotatable bonds is 3. The van der Waals surface area contributed by atoms with Crippen LogP contribution in [0.2, 0.25) is 0 Å². The van der Waals surface area contributed by atoms with Crippen LogP contribution in [0.15, 0.2) is 22.7 Å². The van der Waals surface area contributed by atoms with Gasteiger partial charge in [-0.1, -0.05) is 15.9 Å². The summed E-state index contributed by atoms with van der Waals surface area (Å²) >= 11 is 3.44. The molecular formula is C12H17BrN2O2. The van der Waals surface area contributed by atoms with Gasteiger partial charge < -0.3 is 15.6 Å². The monoisotopic (exact) mass is 300 g/mol. The molecule has 0 bridgehead atoms. The SMILES string of the molecule is Nc1cc(Br)cc(CN2CCOCC2CO)c1. The Morgan fingerprint density at radius 1 is 1.47 bits per heavy atom. The van der Waals surface area contributed by atoms with Crippen LogP contribution in [0.1, 0.15) is 5.56 Å². The molecule has 1 aliphatic rings. The van der Waals surface area contributed by atoms with E-state index in [9.17, 15) is 5.11 Å². The number of ether oxygens (including phenoxy) is 1. The number of benzene rings is 1. The zero-order chi connectivity index (χ0) is 12.3. The van der Waals surface area contributed by atoms with Crippen molar-refractivity contribution in [1.29, 1.82) is 0 Å². The predicted octanol–water partition coefficient (Wildman–Crippen LogP) is 1.22. The Hall–Kier alpha value is -0.620. The van der Waals surface area contributed by atoms with Gasteiger partial charge in [-0.05, 0) is 23.8 Å². The lowest BCUT2D eigenvalue weighted by atomic mass is 10.1. The van der Waals surface area contributed by atoms with E-state index in [0.717, 1.165) is 35.4 Å². The number of hydrogen-bond donors (Lipinski definition) is 2. The van der Waals surface area contributed by atoms with E-state index in [1.165, 1.54) is 0 Å². The summed E-state index contributed by atoms with van der Waals surface area (Å²) in [5, 5.41) is 9.29. The summed E-state index contributed by atoms with van der Waals surface area (Å²) in [5.74, 6) is 0. The Kier molecular flexibility index (Phi) is 4.39. The molecule has 0 radical (unpaired) electrons. The second-order valence-electron chi connectivity index (χ2n) is 4.27. The van der Waals surface area contributed by atoms with E-state index in [-0.39, 0.29) is 12.6 Å². The number of anilines is 1. The zero-order valence-corrected chi connectivity index (χ0v) is 11.2. The highest BCUT2D eigenvalue weighted by Gasteiger charge is 2.22. The third kappa shape index (κ3) is 3.42. The quantitative estimate of drug-likeness (QED) is 0.824. The van der Waals surface area contributed by atoms with Crippen molar-refractivity contribution in [1.82, 2.24) is 4.90 Å². The standard InChI is InChI=1S/C12H17BrN2O2/c13-10-3-9(4-11(14)5-10)6-15-1-2-17-8-12(15)7-16/h3-5,12,16H,1-2,6-8,14H2. The van der Waals surface area contributed by atoms with Crippen LogP contribution in [0.25, 0.3) is 0 Å². The number of nitrogens with two attached hydrogens (primary N) is 1. The average molecular weight is 301 g/mol. The Labute approximate surface area is 109 Å². The van der Waals surface area contributed by atoms with Crippen LogP contribution >= 0.6 is 15.9 Å². The molecule has 3 N–H and O–H groups in total. The molecule has 94 valence electrons. The first kappa shape index (κ1) is 12.8. The van der Waals surface area contributed by atoms with E-state index in [1.54, 1.807) is 0 Å². The van der Waals surface area contributed by atoms with Crippen LogP contribution in [0, 0.1) is 0 Å². The first-order valence-corrected chi connectivity index (χ1v) is 6.46. The van der Waals surface area contributed by atoms with Crippen molar-refractivity contribution in [3.05, 3.63) is 28.2 Å². The Morgan fingerprint density at radius 2 is 2.29 bits per heavy atom. The highest BCUT2D eigenvalue weighted by molar-refractivity contribution is 9.10. The van der Waals surface area contributed by atoms with E-state index >= 15 is 0 Å². The minimum atomic E-state index is 0.0870. The van der Waals surface area contributed by atoms with Gasteiger partial charge in [0.25, 0.3) is 0 Å². The maximum atomic E-state index is 9.29. The van der Waals surface area contributed by atoms with Crippen molar-refractivity contribution in [2.75, 3.05) is 32.1 Å². The lowest BCUT2D eigenvalue weighted by molar-refractivity contribution is -0.0312. The molecule has 0 amide bonds. The van der Waals surface area contributed by atoms with E-state index in [4.69, 9.17) is 10.5 Å². The maximum absolute atomic E-state index is 9.29. The van der Waals surface area contributed by atoms with E-state index in [1.807, 2.05) is 12.1 Å². The number of aliphatic hydroxyl groups excluding tert-OH is 1. The molecule has 5 heteroatoms. The first-order valence-electron chi connectivity index (χ1n) is 5.66. The van der Waals surface area contributed by atoms with E-state index < -0.39 is 0 Å². The smallest absolute Gasteiger partial charge is 0.0644 e. The van der Waals surface area contributed by atoms with Crippen molar-refractivity contribution < 1.29 is 9.84 Å². The van der Waals surface area contributed by atoms with Gasteiger partial charge in [-0.3, -0.25) is 4.90 Å². The van der Waals surface area contributed by atoms with Gasteiger partial charge in [0.2, 0.25) is 0 Å². The fraction of sp³-hybridized carbons (Fsp3) is 0.500. The molecule has 2 rings (SSSR count). The van der Waals surface area contributed by atoms with Gasteiger partial charge in [0.05, 0.1) is 25.9 Å². The molecule has 1 aliphatic heterocycles. The minimum absolute atomic E-state index is 0.0870. The maximum Gasteiger partial charge on any atom is 0.0644 e. The van der Waals surface area contributed by atoms with Crippen molar-refractivity contribution >= 4 is 21.6 Å². The molecule has 4 nitrogen and oxygen atoms in total. The second-order valence-corrected chi connectivity index (χ2v) is 5.19. The predicted molar refractivity (Wildman–Crippen MR) is 70.7 cm³/mol. The lowest BCUT2D eigenvalue weighted by Crippen LogP contribution is -2.46. The molecule has 0 aromatic heterocycles. The summed E-state index contributed by atoms with van der Waals surface area (Å²) in [6, 6.07) is 5.99. The molecule has 0 spiro atoms. The normalized spacial score (nSPS) is 21.6. The lowest BCUT2D eigenvalue weighted by Gasteiger charge is -2.34. The van der Waals surface area contributed by atoms with Gasteiger partial charge in [-0.25, -0.2) is 0 Å². The topological polar surface area (TPSA) is 58.7 Å². The van der Waals surface area contributed by atoms with Crippen LogP contribution < -0.4 is 5.73 Å². The molecule has 1 atom stereocenters. The van der Waals surface area contributed by atoms with Gasteiger partial charge in [0, 0.05) is 23.2 Å². The third-order valence-electron chi connectivity index (χ3n) is 2.93. The highest BCUT2D eigenvalue weighted by Crippen LogP contribution is 2.20. The summed E-state index contributed by atoms with van der Waals surface area (Å²) in [4.78, 5) is 2.23. The van der Waals surface area contributed by atoms with Gasteiger partial charge in [-0.2, -0.15) is 0 Å². The summed E-state index contributed by atoms with van der Waals surface area (Å²) in [6.07, 6.45) is 0. The summed E-state index contributed by atoms with van der Waals surface area (Å²) in [6.45, 7) is 3.08. The number of halogens is 1. The molecule has 0 saturated carbocycles. The van der Waals surface area contributed by atoms with Crippen molar-refractivity contribution in [2.24, 2.45) is 0 Å². The van der Waals surface area contributed by atoms with E-state index in [0.29, 0.717) is 6.61 Å². The van der Waals surface area contributed by atoms with Crippen LogP contribution in [0.3, 0.4) is 0 Å². The molecule has 17 heavy (non-hydrogen) atoms. The second kappa shape index (κ2) is 5.82. The van der Waals surface area contributed by atoms with Gasteiger partial charge in [0.1, 0.15) is 0 Å². The van der Waals surface area contributed by atoms with Gasteiger partial charge >= 0.3 is 0 Å². The summed E-state index contributed by atoms with van der Waals surface area (Å²) in [5.41, 5.74) is 7.71. The van der Waals surface area contributed by atoms with Crippen molar-refractivity contribution in [3.8, 4) is 0 Å².